The Morgan fingerprint density at radius 2 is 2.07 bits per heavy atom. The summed E-state index contributed by atoms with van der Waals surface area (Å²) in [5, 5.41) is 18.9. The molecule has 0 aliphatic rings. The predicted molar refractivity (Wildman–Crippen MR) is 55.1 cm³/mol. The first-order valence-electron chi connectivity index (χ1n) is 3.92. The molecule has 0 bridgehead atoms. The van der Waals surface area contributed by atoms with Gasteiger partial charge in [0.2, 0.25) is 0 Å². The zero-order valence-corrected chi connectivity index (χ0v) is 9.01. The molecule has 0 fully saturated rings. The van der Waals surface area contributed by atoms with E-state index >= 15 is 0 Å². The maximum atomic E-state index is 9.44. The minimum absolute atomic E-state index is 0.308. The SMILES string of the molecule is COc1c(Cl)cc(Cl)cc1C(O)CO. The van der Waals surface area contributed by atoms with E-state index < -0.39 is 12.7 Å². The number of rotatable bonds is 3. The van der Waals surface area contributed by atoms with Crippen molar-refractivity contribution in [2.75, 3.05) is 13.7 Å². The van der Waals surface area contributed by atoms with Crippen molar-refractivity contribution in [1.29, 1.82) is 0 Å². The highest BCUT2D eigenvalue weighted by Gasteiger charge is 2.16. The van der Waals surface area contributed by atoms with Crippen molar-refractivity contribution in [2.24, 2.45) is 0 Å². The maximum Gasteiger partial charge on any atom is 0.143 e. The van der Waals surface area contributed by atoms with Crippen LogP contribution in [0.2, 0.25) is 10.0 Å². The van der Waals surface area contributed by atoms with E-state index in [9.17, 15) is 5.11 Å². The van der Waals surface area contributed by atoms with Crippen LogP contribution in [0.3, 0.4) is 0 Å². The first-order valence-corrected chi connectivity index (χ1v) is 4.67. The number of hydrogen-bond donors (Lipinski definition) is 2. The molecule has 0 aliphatic carbocycles. The minimum atomic E-state index is -1.04. The van der Waals surface area contributed by atoms with Crippen LogP contribution in [0.25, 0.3) is 0 Å². The Morgan fingerprint density at radius 3 is 2.57 bits per heavy atom. The average molecular weight is 237 g/mol. The lowest BCUT2D eigenvalue weighted by Crippen LogP contribution is -2.05. The zero-order valence-electron chi connectivity index (χ0n) is 7.50. The Morgan fingerprint density at radius 1 is 1.43 bits per heavy atom. The molecule has 1 aromatic carbocycles. The normalized spacial score (nSPS) is 12.6. The van der Waals surface area contributed by atoms with Gasteiger partial charge in [-0.15, -0.1) is 0 Å². The second-order valence-electron chi connectivity index (χ2n) is 2.71. The Bertz CT molecular complexity index is 328. The van der Waals surface area contributed by atoms with Crippen LogP contribution in [0.1, 0.15) is 11.7 Å². The largest absolute Gasteiger partial charge is 0.495 e. The van der Waals surface area contributed by atoms with Crippen molar-refractivity contribution < 1.29 is 14.9 Å². The molecule has 3 nitrogen and oxygen atoms in total. The van der Waals surface area contributed by atoms with E-state index in [1.165, 1.54) is 19.2 Å². The van der Waals surface area contributed by atoms with Crippen molar-refractivity contribution in [3.05, 3.63) is 27.7 Å². The van der Waals surface area contributed by atoms with Gasteiger partial charge in [0, 0.05) is 10.6 Å². The van der Waals surface area contributed by atoms with Gasteiger partial charge in [-0.3, -0.25) is 0 Å². The Hall–Kier alpha value is -0.480. The molecule has 1 aromatic rings. The fourth-order valence-electron chi connectivity index (χ4n) is 1.14. The van der Waals surface area contributed by atoms with Gasteiger partial charge in [0.1, 0.15) is 11.9 Å². The average Bonchev–Trinajstić information content (AvgIpc) is 2.15. The molecule has 1 atom stereocenters. The van der Waals surface area contributed by atoms with Gasteiger partial charge in [-0.2, -0.15) is 0 Å². The number of methoxy groups -OCH3 is 1. The van der Waals surface area contributed by atoms with Crippen LogP contribution in [0, 0.1) is 0 Å². The van der Waals surface area contributed by atoms with Crippen LogP contribution in [-0.2, 0) is 0 Å². The van der Waals surface area contributed by atoms with Crippen molar-refractivity contribution in [3.63, 3.8) is 0 Å². The van der Waals surface area contributed by atoms with Crippen LogP contribution in [-0.4, -0.2) is 23.9 Å². The predicted octanol–water partition coefficient (Wildman–Crippen LogP) is 2.03. The van der Waals surface area contributed by atoms with Crippen LogP contribution < -0.4 is 4.74 Å². The topological polar surface area (TPSA) is 49.7 Å². The lowest BCUT2D eigenvalue weighted by molar-refractivity contribution is 0.0934. The van der Waals surface area contributed by atoms with E-state index in [0.717, 1.165) is 0 Å². The summed E-state index contributed by atoms with van der Waals surface area (Å²) in [6, 6.07) is 3.02. The summed E-state index contributed by atoms with van der Waals surface area (Å²) >= 11 is 11.6. The maximum absolute atomic E-state index is 9.44. The number of benzene rings is 1. The molecule has 0 amide bonds. The van der Waals surface area contributed by atoms with Crippen molar-refractivity contribution in [3.8, 4) is 5.75 Å². The van der Waals surface area contributed by atoms with Crippen LogP contribution in [0.4, 0.5) is 0 Å². The van der Waals surface area contributed by atoms with Crippen molar-refractivity contribution in [1.82, 2.24) is 0 Å². The summed E-state index contributed by atoms with van der Waals surface area (Å²) in [6.45, 7) is -0.410. The fraction of sp³-hybridized carbons (Fsp3) is 0.333. The summed E-state index contributed by atoms with van der Waals surface area (Å²) in [4.78, 5) is 0. The molecular formula is C9H10Cl2O3. The van der Waals surface area contributed by atoms with Gasteiger partial charge < -0.3 is 14.9 Å². The zero-order chi connectivity index (χ0) is 10.7. The third-order valence-corrected chi connectivity index (χ3v) is 2.27. The fourth-order valence-corrected chi connectivity index (χ4v) is 1.73. The highest BCUT2D eigenvalue weighted by Crippen LogP contribution is 2.35. The molecule has 5 heteroatoms. The smallest absolute Gasteiger partial charge is 0.143 e. The third kappa shape index (κ3) is 2.30. The summed E-state index contributed by atoms with van der Waals surface area (Å²) in [5.74, 6) is 0.331. The summed E-state index contributed by atoms with van der Waals surface area (Å²) in [6.07, 6.45) is -1.04. The number of aliphatic hydroxyl groups is 2. The van der Waals surface area contributed by atoms with E-state index in [1.807, 2.05) is 0 Å². The number of hydrogen-bond acceptors (Lipinski definition) is 3. The molecule has 0 aromatic heterocycles. The molecule has 0 saturated heterocycles. The molecule has 0 heterocycles. The molecule has 14 heavy (non-hydrogen) atoms. The monoisotopic (exact) mass is 236 g/mol. The van der Waals surface area contributed by atoms with E-state index in [0.29, 0.717) is 21.4 Å². The van der Waals surface area contributed by atoms with Gasteiger partial charge in [0.05, 0.1) is 18.7 Å². The Balaban J connectivity index is 3.24. The standard InChI is InChI=1S/C9H10Cl2O3/c1-14-9-6(8(13)4-12)2-5(10)3-7(9)11/h2-3,8,12-13H,4H2,1H3. The van der Waals surface area contributed by atoms with E-state index in [4.69, 9.17) is 33.0 Å². The molecular weight excluding hydrogens is 227 g/mol. The van der Waals surface area contributed by atoms with E-state index in [1.54, 1.807) is 0 Å². The molecule has 0 radical (unpaired) electrons. The summed E-state index contributed by atoms with van der Waals surface area (Å²) < 4.78 is 4.99. The molecule has 1 rings (SSSR count). The lowest BCUT2D eigenvalue weighted by Gasteiger charge is -2.14. The highest BCUT2D eigenvalue weighted by atomic mass is 35.5. The van der Waals surface area contributed by atoms with Gasteiger partial charge in [-0.05, 0) is 12.1 Å². The van der Waals surface area contributed by atoms with Crippen LogP contribution >= 0.6 is 23.2 Å². The molecule has 78 valence electrons. The molecule has 0 saturated carbocycles. The molecule has 0 aliphatic heterocycles. The van der Waals surface area contributed by atoms with Gasteiger partial charge in [0.25, 0.3) is 0 Å². The lowest BCUT2D eigenvalue weighted by atomic mass is 10.1. The Kier molecular flexibility index (Phi) is 4.01. The first kappa shape index (κ1) is 11.6. The second kappa shape index (κ2) is 4.84. The van der Waals surface area contributed by atoms with Crippen LogP contribution in [0.15, 0.2) is 12.1 Å². The van der Waals surface area contributed by atoms with Crippen molar-refractivity contribution >= 4 is 23.2 Å². The van der Waals surface area contributed by atoms with Gasteiger partial charge in [-0.1, -0.05) is 23.2 Å². The third-order valence-electron chi connectivity index (χ3n) is 1.77. The van der Waals surface area contributed by atoms with Crippen molar-refractivity contribution in [2.45, 2.75) is 6.10 Å². The molecule has 0 spiro atoms. The van der Waals surface area contributed by atoms with E-state index in [-0.39, 0.29) is 0 Å². The second-order valence-corrected chi connectivity index (χ2v) is 3.55. The summed E-state index contributed by atoms with van der Waals surface area (Å²) in [7, 11) is 1.43. The first-order chi connectivity index (χ1) is 6.60. The van der Waals surface area contributed by atoms with Gasteiger partial charge in [0.15, 0.2) is 0 Å². The molecule has 1 unspecified atom stereocenters. The minimum Gasteiger partial charge on any atom is -0.495 e. The Labute approximate surface area is 91.8 Å². The van der Waals surface area contributed by atoms with Gasteiger partial charge in [-0.25, -0.2) is 0 Å². The quantitative estimate of drug-likeness (QED) is 0.845. The van der Waals surface area contributed by atoms with Gasteiger partial charge >= 0.3 is 0 Å². The van der Waals surface area contributed by atoms with Crippen LogP contribution in [0.5, 0.6) is 5.75 Å². The number of halogens is 2. The summed E-state index contributed by atoms with van der Waals surface area (Å²) in [5.41, 5.74) is 0.382. The van der Waals surface area contributed by atoms with E-state index in [2.05, 4.69) is 0 Å². The number of aliphatic hydroxyl groups excluding tert-OH is 2. The highest BCUT2D eigenvalue weighted by molar-refractivity contribution is 6.35. The molecule has 2 N–H and O–H groups in total. The number of ether oxygens (including phenoxy) is 1.